The van der Waals surface area contributed by atoms with Gasteiger partial charge in [-0.25, -0.2) is 0 Å². The molecule has 0 aromatic rings. The second kappa shape index (κ2) is 59.1. The van der Waals surface area contributed by atoms with E-state index in [9.17, 15) is 10.2 Å². The molecule has 80 heavy (non-hydrogen) atoms. The van der Waals surface area contributed by atoms with Gasteiger partial charge in [-0.15, -0.1) is 0 Å². The Morgan fingerprint density at radius 2 is 0.475 bits per heavy atom. The number of aliphatic hydroxyl groups is 2. The molecule has 1 heterocycles. The van der Waals surface area contributed by atoms with Crippen molar-refractivity contribution in [1.29, 1.82) is 0 Å². The van der Waals surface area contributed by atoms with Crippen molar-refractivity contribution < 1.29 is 10.2 Å². The van der Waals surface area contributed by atoms with E-state index in [0.29, 0.717) is 11.8 Å². The number of piperazine rings is 1. The number of unbranched alkanes of at least 4 members (excludes halogenated alkanes) is 35. The highest BCUT2D eigenvalue weighted by Gasteiger charge is 2.23. The molecule has 1 aliphatic heterocycles. The summed E-state index contributed by atoms with van der Waals surface area (Å²) >= 11 is 0. The summed E-state index contributed by atoms with van der Waals surface area (Å²) in [7, 11) is 0. The molecule has 1 rings (SSSR count). The summed E-state index contributed by atoms with van der Waals surface area (Å²) in [6.07, 6.45) is 60.2. The van der Waals surface area contributed by atoms with E-state index < -0.39 is 0 Å². The van der Waals surface area contributed by atoms with Gasteiger partial charge in [-0.2, -0.15) is 0 Å². The van der Waals surface area contributed by atoms with Crippen molar-refractivity contribution >= 4 is 0 Å². The molecule has 7 nitrogen and oxygen atoms in total. The fraction of sp³-hybridized carbons (Fsp3) is 1.00. The first-order chi connectivity index (χ1) is 39.1. The maximum atomic E-state index is 11.6. The molecule has 5 unspecified atom stereocenters. The molecule has 5 atom stereocenters. The van der Waals surface area contributed by atoms with Crippen molar-refractivity contribution in [1.82, 2.24) is 24.5 Å². The lowest BCUT2D eigenvalue weighted by molar-refractivity contribution is 0.0705. The molecule has 0 saturated carbocycles. The van der Waals surface area contributed by atoms with Crippen LogP contribution in [0.3, 0.4) is 0 Å². The van der Waals surface area contributed by atoms with E-state index in [1.807, 2.05) is 0 Å². The molecule has 0 aromatic heterocycles. The summed E-state index contributed by atoms with van der Waals surface area (Å²) < 4.78 is 0. The lowest BCUT2D eigenvalue weighted by atomic mass is 10.00. The van der Waals surface area contributed by atoms with Crippen LogP contribution in [0.5, 0.6) is 0 Å². The lowest BCUT2D eigenvalue weighted by Crippen LogP contribution is -2.51. The minimum Gasteiger partial charge on any atom is -0.392 e. The molecule has 1 aliphatic rings. The number of nitrogens with zero attached hydrogens (tertiary/aromatic N) is 5. The normalized spacial score (nSPS) is 15.7. The van der Waals surface area contributed by atoms with E-state index in [-0.39, 0.29) is 12.2 Å². The maximum absolute atomic E-state index is 11.6. The average Bonchev–Trinajstić information content (AvgIpc) is 3.44. The van der Waals surface area contributed by atoms with Crippen LogP contribution < -0.4 is 0 Å². The largest absolute Gasteiger partial charge is 0.392 e. The van der Waals surface area contributed by atoms with E-state index in [2.05, 4.69) is 79.9 Å². The first-order valence-corrected chi connectivity index (χ1v) is 37.1. The quantitative estimate of drug-likeness (QED) is 0.0589. The molecule has 0 radical (unpaired) electrons. The monoisotopic (exact) mass is 1130 g/mol. The number of rotatable bonds is 64. The predicted octanol–water partition coefficient (Wildman–Crippen LogP) is 19.8. The van der Waals surface area contributed by atoms with Gasteiger partial charge < -0.3 is 15.1 Å². The summed E-state index contributed by atoms with van der Waals surface area (Å²) in [5.41, 5.74) is 0. The number of hydrogen-bond acceptors (Lipinski definition) is 7. The minimum absolute atomic E-state index is 0.201. The van der Waals surface area contributed by atoms with Gasteiger partial charge in [0.25, 0.3) is 0 Å². The maximum Gasteiger partial charge on any atom is 0.0667 e. The van der Waals surface area contributed by atoms with Crippen LogP contribution in [0.1, 0.15) is 344 Å². The van der Waals surface area contributed by atoms with E-state index in [4.69, 9.17) is 0 Å². The van der Waals surface area contributed by atoms with Crippen LogP contribution in [-0.2, 0) is 0 Å². The third-order valence-electron chi connectivity index (χ3n) is 18.7. The second-order valence-corrected chi connectivity index (χ2v) is 27.4. The molecule has 1 fully saturated rings. The summed E-state index contributed by atoms with van der Waals surface area (Å²) in [4.78, 5) is 13.7. The van der Waals surface area contributed by atoms with Crippen LogP contribution in [-0.4, -0.2) is 145 Å². The highest BCUT2D eigenvalue weighted by molar-refractivity contribution is 4.78. The standard InChI is InChI=1S/C73H151N5O2/c1-9-14-19-24-29-34-39-44-49-69(6)64-76(61-63-78(66-71(8)51-46-41-36-31-26-21-16-11-3)68-73(80)53-48-43-38-33-28-23-18-13-5)60-58-74-54-56-75(57-55-74)59-62-77(65-70(7)50-45-40-35-30-25-20-15-10-2)67-72(79)52-47-42-37-32-27-22-17-12-4/h69-73,79-80H,9-68H2,1-8H3. The summed E-state index contributed by atoms with van der Waals surface area (Å²) in [5.74, 6) is 2.09. The van der Waals surface area contributed by atoms with E-state index >= 15 is 0 Å². The minimum atomic E-state index is -0.212. The van der Waals surface area contributed by atoms with Crippen molar-refractivity contribution in [3.8, 4) is 0 Å². The Kier molecular flexibility index (Phi) is 57.4. The zero-order chi connectivity index (χ0) is 58.2. The molecule has 1 saturated heterocycles. The van der Waals surface area contributed by atoms with Gasteiger partial charge >= 0.3 is 0 Å². The number of aliphatic hydroxyl groups excluding tert-OH is 2. The SMILES string of the molecule is CCCCCCCCCCC(C)CN(CCN1CCN(CCN(CC(C)CCCCCCCCCC)CC(O)CCCCCCCCCC)CC1)CCN(CC(C)CCCCCCCCCC)CC(O)CCCCCCCCCC. The predicted molar refractivity (Wildman–Crippen MR) is 358 cm³/mol. The van der Waals surface area contributed by atoms with Gasteiger partial charge in [0.2, 0.25) is 0 Å². The van der Waals surface area contributed by atoms with Crippen molar-refractivity contribution in [2.75, 3.05) is 98.2 Å². The van der Waals surface area contributed by atoms with Crippen LogP contribution >= 0.6 is 0 Å². The van der Waals surface area contributed by atoms with Crippen molar-refractivity contribution in [2.45, 2.75) is 357 Å². The second-order valence-electron chi connectivity index (χ2n) is 27.4. The Bertz CT molecular complexity index is 1140. The van der Waals surface area contributed by atoms with Crippen LogP contribution in [0.2, 0.25) is 0 Å². The Hall–Kier alpha value is -0.280. The van der Waals surface area contributed by atoms with Crippen LogP contribution in [0.25, 0.3) is 0 Å². The van der Waals surface area contributed by atoms with Gasteiger partial charge in [0.15, 0.2) is 0 Å². The highest BCUT2D eigenvalue weighted by atomic mass is 16.3. The smallest absolute Gasteiger partial charge is 0.0667 e. The van der Waals surface area contributed by atoms with Crippen LogP contribution in [0.15, 0.2) is 0 Å². The summed E-state index contributed by atoms with van der Waals surface area (Å²) in [6.45, 7) is 35.7. The Morgan fingerprint density at radius 1 is 0.263 bits per heavy atom. The summed E-state index contributed by atoms with van der Waals surface area (Å²) in [5, 5.41) is 22.9. The van der Waals surface area contributed by atoms with E-state index in [1.165, 1.54) is 315 Å². The molecule has 0 bridgehead atoms. The van der Waals surface area contributed by atoms with E-state index in [0.717, 1.165) is 77.7 Å². The van der Waals surface area contributed by atoms with Gasteiger partial charge in [-0.3, -0.25) is 19.6 Å². The third-order valence-corrected chi connectivity index (χ3v) is 18.7. The Labute approximate surface area is 504 Å². The summed E-state index contributed by atoms with van der Waals surface area (Å²) in [6, 6.07) is 0. The zero-order valence-corrected chi connectivity index (χ0v) is 56.4. The topological polar surface area (TPSA) is 56.7 Å². The van der Waals surface area contributed by atoms with Gasteiger partial charge in [0.1, 0.15) is 0 Å². The zero-order valence-electron chi connectivity index (χ0n) is 56.4. The van der Waals surface area contributed by atoms with Crippen LogP contribution in [0.4, 0.5) is 0 Å². The van der Waals surface area contributed by atoms with E-state index in [1.54, 1.807) is 0 Å². The Balaban J connectivity index is 2.94. The third kappa shape index (κ3) is 51.0. The van der Waals surface area contributed by atoms with Gasteiger partial charge in [0.05, 0.1) is 12.2 Å². The average molecular weight is 1130 g/mol. The van der Waals surface area contributed by atoms with Crippen molar-refractivity contribution in [3.63, 3.8) is 0 Å². The molecule has 0 spiro atoms. The molecule has 480 valence electrons. The molecular formula is C73H151N5O2. The Morgan fingerprint density at radius 3 is 0.762 bits per heavy atom. The lowest BCUT2D eigenvalue weighted by Gasteiger charge is -2.38. The fourth-order valence-electron chi connectivity index (χ4n) is 13.2. The first kappa shape index (κ1) is 77.7. The molecule has 0 aromatic carbocycles. The van der Waals surface area contributed by atoms with Gasteiger partial charge in [0, 0.05) is 98.2 Å². The van der Waals surface area contributed by atoms with Gasteiger partial charge in [-0.05, 0) is 49.9 Å². The first-order valence-electron chi connectivity index (χ1n) is 37.1. The fourth-order valence-corrected chi connectivity index (χ4v) is 13.2. The highest BCUT2D eigenvalue weighted by Crippen LogP contribution is 2.20. The van der Waals surface area contributed by atoms with Crippen LogP contribution in [0, 0.1) is 17.8 Å². The van der Waals surface area contributed by atoms with Gasteiger partial charge in [-0.1, -0.05) is 312 Å². The molecule has 0 amide bonds. The molecule has 0 aliphatic carbocycles. The molecule has 2 N–H and O–H groups in total. The van der Waals surface area contributed by atoms with Crippen molar-refractivity contribution in [3.05, 3.63) is 0 Å². The number of hydrogen-bond donors (Lipinski definition) is 2. The molecule has 7 heteroatoms. The van der Waals surface area contributed by atoms with Crippen molar-refractivity contribution in [2.24, 2.45) is 17.8 Å². The molecular weight excluding hydrogens is 979 g/mol.